The van der Waals surface area contributed by atoms with Crippen LogP contribution in [0.25, 0.3) is 64.3 Å². The third-order valence-corrected chi connectivity index (χ3v) is 20.7. The Hall–Kier alpha value is -5.53. The second-order valence-electron chi connectivity index (χ2n) is 16.1. The molecule has 1 aromatic heterocycles. The second-order valence-corrected chi connectivity index (χ2v) is 25.8. The molecule has 2 aliphatic rings. The van der Waals surface area contributed by atoms with Gasteiger partial charge in [0.1, 0.15) is 16.1 Å². The van der Waals surface area contributed by atoms with Gasteiger partial charge in [0.2, 0.25) is 0 Å². The number of thiophene rings is 1. The summed E-state index contributed by atoms with van der Waals surface area (Å²) >= 11 is 1.92. The van der Waals surface area contributed by atoms with Gasteiger partial charge in [0.05, 0.1) is 0 Å². The fourth-order valence-electron chi connectivity index (χ4n) is 9.87. The summed E-state index contributed by atoms with van der Waals surface area (Å²) in [7, 11) is -4.06. The minimum absolute atomic E-state index is 1.19. The van der Waals surface area contributed by atoms with Gasteiger partial charge in [0.15, 0.2) is 0 Å². The van der Waals surface area contributed by atoms with Gasteiger partial charge in [-0.2, -0.15) is 0 Å². The van der Waals surface area contributed by atoms with E-state index in [9.17, 15) is 0 Å². The number of fused-ring (bicyclic) bond motifs is 11. The van der Waals surface area contributed by atoms with Gasteiger partial charge in [0.25, 0.3) is 0 Å². The average molecular weight is 742 g/mol. The lowest BCUT2D eigenvalue weighted by Crippen LogP contribution is -2.51. The molecule has 0 saturated heterocycles. The number of rotatable bonds is 4. The first-order valence-corrected chi connectivity index (χ1v) is 25.8. The van der Waals surface area contributed by atoms with E-state index in [1.165, 1.54) is 96.9 Å². The molecule has 0 atom stereocenters. The number of hydrogen-bond donors (Lipinski definition) is 0. The van der Waals surface area contributed by atoms with Gasteiger partial charge in [-0.3, -0.25) is 0 Å². The van der Waals surface area contributed by atoms with E-state index in [-0.39, 0.29) is 0 Å². The zero-order valence-electron chi connectivity index (χ0n) is 30.9. The smallest absolute Gasteiger partial charge is 0.116 e. The Balaban J connectivity index is 1.13. The number of anilines is 3. The van der Waals surface area contributed by atoms with Gasteiger partial charge in [-0.15, -0.1) is 11.3 Å². The summed E-state index contributed by atoms with van der Waals surface area (Å²) in [5, 5.41) is 11.5. The first-order chi connectivity index (χ1) is 26.3. The van der Waals surface area contributed by atoms with Crippen LogP contribution in [0.4, 0.5) is 17.1 Å². The van der Waals surface area contributed by atoms with Crippen LogP contribution in [-0.2, 0) is 0 Å². The van der Waals surface area contributed by atoms with Crippen molar-refractivity contribution >= 4 is 96.2 Å². The molecule has 0 radical (unpaired) electrons. The molecule has 3 heterocycles. The summed E-state index contributed by atoms with van der Waals surface area (Å²) in [6.07, 6.45) is 0. The van der Waals surface area contributed by atoms with Crippen molar-refractivity contribution in [1.82, 2.24) is 0 Å². The molecule has 8 aromatic carbocycles. The summed E-state index contributed by atoms with van der Waals surface area (Å²) in [5.74, 6) is 0. The van der Waals surface area contributed by atoms with Crippen LogP contribution < -0.4 is 25.6 Å². The highest BCUT2D eigenvalue weighted by Gasteiger charge is 2.42. The maximum Gasteiger partial charge on any atom is 0.116 e. The average Bonchev–Trinajstić information content (AvgIpc) is 3.78. The van der Waals surface area contributed by atoms with Crippen molar-refractivity contribution in [2.24, 2.45) is 0 Å². The third-order valence-electron chi connectivity index (χ3n) is 12.4. The van der Waals surface area contributed by atoms with Crippen molar-refractivity contribution in [2.75, 3.05) is 4.90 Å². The lowest BCUT2D eigenvalue weighted by atomic mass is 9.97. The summed E-state index contributed by atoms with van der Waals surface area (Å²) in [6.45, 7) is 10.2. The van der Waals surface area contributed by atoms with Crippen LogP contribution in [0.2, 0.25) is 26.2 Å². The number of benzene rings is 8. The van der Waals surface area contributed by atoms with E-state index in [1.54, 1.807) is 5.19 Å². The molecule has 0 unspecified atom stereocenters. The highest BCUT2D eigenvalue weighted by atomic mass is 32.1. The Labute approximate surface area is 322 Å². The topological polar surface area (TPSA) is 3.24 Å². The molecule has 0 spiro atoms. The summed E-state index contributed by atoms with van der Waals surface area (Å²) in [5.41, 5.74) is 11.9. The van der Waals surface area contributed by atoms with Crippen LogP contribution in [0.1, 0.15) is 0 Å². The van der Waals surface area contributed by atoms with E-state index < -0.39 is 16.1 Å². The first kappa shape index (κ1) is 32.0. The molecule has 2 aliphatic heterocycles. The van der Waals surface area contributed by atoms with Gasteiger partial charge in [-0.05, 0) is 107 Å². The Morgan fingerprint density at radius 3 is 2.00 bits per heavy atom. The molecular formula is C50H39NSSi2. The number of nitrogens with zero attached hydrogens (tertiary/aromatic N) is 1. The summed E-state index contributed by atoms with van der Waals surface area (Å²) in [6, 6.07) is 62.1. The molecule has 0 bridgehead atoms. The lowest BCUT2D eigenvalue weighted by molar-refractivity contribution is 1.30. The Kier molecular flexibility index (Phi) is 6.80. The van der Waals surface area contributed by atoms with E-state index in [2.05, 4.69) is 195 Å². The molecular weight excluding hydrogens is 703 g/mol. The van der Waals surface area contributed by atoms with Crippen molar-refractivity contribution in [3.63, 3.8) is 0 Å². The van der Waals surface area contributed by atoms with Crippen LogP contribution in [0.3, 0.4) is 0 Å². The molecule has 9 aromatic rings. The van der Waals surface area contributed by atoms with Gasteiger partial charge in [-0.25, -0.2) is 0 Å². The van der Waals surface area contributed by atoms with E-state index in [0.717, 1.165) is 0 Å². The molecule has 4 heteroatoms. The fraction of sp³-hybridized carbons (Fsp3) is 0.0800. The second kappa shape index (κ2) is 11.5. The van der Waals surface area contributed by atoms with Crippen LogP contribution in [0, 0.1) is 0 Å². The van der Waals surface area contributed by atoms with Gasteiger partial charge < -0.3 is 4.90 Å². The molecule has 0 saturated carbocycles. The van der Waals surface area contributed by atoms with Crippen molar-refractivity contribution < 1.29 is 0 Å². The summed E-state index contributed by atoms with van der Waals surface area (Å²) < 4.78 is 2.76. The van der Waals surface area contributed by atoms with Crippen molar-refractivity contribution in [3.05, 3.63) is 164 Å². The predicted octanol–water partition coefficient (Wildman–Crippen LogP) is 12.0. The lowest BCUT2D eigenvalue weighted by Gasteiger charge is -2.32. The van der Waals surface area contributed by atoms with E-state index in [4.69, 9.17) is 0 Å². The quantitative estimate of drug-likeness (QED) is 0.162. The molecule has 0 amide bonds. The Bertz CT molecular complexity index is 3000. The Morgan fingerprint density at radius 2 is 1.13 bits per heavy atom. The maximum absolute atomic E-state index is 2.58. The minimum Gasteiger partial charge on any atom is -0.311 e. The van der Waals surface area contributed by atoms with Crippen LogP contribution in [0.15, 0.2) is 164 Å². The van der Waals surface area contributed by atoms with Crippen LogP contribution in [0.5, 0.6) is 0 Å². The normalized spacial score (nSPS) is 14.6. The minimum atomic E-state index is -2.03. The number of hydrogen-bond acceptors (Lipinski definition) is 2. The molecule has 0 aliphatic carbocycles. The molecule has 0 fully saturated rings. The van der Waals surface area contributed by atoms with Gasteiger partial charge in [-0.1, -0.05) is 148 Å². The zero-order valence-corrected chi connectivity index (χ0v) is 33.8. The highest BCUT2D eigenvalue weighted by molar-refractivity contribution is 7.26. The third kappa shape index (κ3) is 4.42. The molecule has 258 valence electrons. The van der Waals surface area contributed by atoms with Crippen molar-refractivity contribution in [3.8, 4) is 33.4 Å². The predicted molar refractivity (Wildman–Crippen MR) is 241 cm³/mol. The molecule has 1 nitrogen and oxygen atoms in total. The molecule has 0 N–H and O–H groups in total. The van der Waals surface area contributed by atoms with E-state index in [1.807, 2.05) is 11.3 Å². The monoisotopic (exact) mass is 741 g/mol. The van der Waals surface area contributed by atoms with Crippen LogP contribution in [-0.4, -0.2) is 16.1 Å². The van der Waals surface area contributed by atoms with Gasteiger partial charge >= 0.3 is 0 Å². The highest BCUT2D eigenvalue weighted by Crippen LogP contribution is 2.45. The maximum atomic E-state index is 2.58. The van der Waals surface area contributed by atoms with Gasteiger partial charge in [0, 0.05) is 37.2 Å². The van der Waals surface area contributed by atoms with Crippen molar-refractivity contribution in [1.29, 1.82) is 0 Å². The molecule has 11 rings (SSSR count). The summed E-state index contributed by atoms with van der Waals surface area (Å²) in [4.78, 5) is 2.58. The fourth-order valence-corrected chi connectivity index (χ4v) is 17.4. The standard InChI is InChI=1S/C50H39NSSi2/c1-53(2)46-30-29-44-48(40-17-7-9-21-43(40)52-44)49(46)41-28-27-35(31-47(41)53)51(42-20-12-19-39-38-16-8-10-22-45(38)54(3,4)50(39)42)34-25-23-33(24-26-34)37-18-11-14-32-13-5-6-15-36(32)37/h5-31H,1-4H3. The zero-order chi connectivity index (χ0) is 36.3. The van der Waals surface area contributed by atoms with E-state index in [0.29, 0.717) is 0 Å². The van der Waals surface area contributed by atoms with Crippen molar-refractivity contribution in [2.45, 2.75) is 26.2 Å². The molecule has 54 heavy (non-hydrogen) atoms. The SMILES string of the molecule is C[Si]1(C)c2cc(N(c3ccc(-c4cccc5ccccc45)cc3)c3cccc4c3[Si](C)(C)c3ccccc3-4)ccc2-c2c1ccc1sc3ccccc3c21. The van der Waals surface area contributed by atoms with Crippen LogP contribution >= 0.6 is 11.3 Å². The largest absolute Gasteiger partial charge is 0.311 e. The Morgan fingerprint density at radius 1 is 0.444 bits per heavy atom. The first-order valence-electron chi connectivity index (χ1n) is 19.0. The van der Waals surface area contributed by atoms with E-state index >= 15 is 0 Å².